The maximum absolute atomic E-state index is 11.8. The Morgan fingerprint density at radius 2 is 1.86 bits per heavy atom. The monoisotopic (exact) mass is 318 g/mol. The molecule has 1 heterocycles. The van der Waals surface area contributed by atoms with Crippen molar-refractivity contribution in [1.82, 2.24) is 9.97 Å². The third kappa shape index (κ3) is 3.95. The van der Waals surface area contributed by atoms with Gasteiger partial charge in [0.2, 0.25) is 0 Å². The number of aromatic nitrogens is 2. The smallest absolute Gasteiger partial charge is 0.350 e. The number of nitrogens with zero attached hydrogens (tertiary/aromatic N) is 2. The molecule has 0 aliphatic rings. The Hall–Kier alpha value is -2.60. The van der Waals surface area contributed by atoms with Crippen LogP contribution < -0.4 is 0 Å². The van der Waals surface area contributed by atoms with Gasteiger partial charge in [-0.3, -0.25) is 9.59 Å². The van der Waals surface area contributed by atoms with Crippen LogP contribution >= 0.6 is 11.6 Å². The number of rotatable bonds is 4. The highest BCUT2D eigenvalue weighted by Gasteiger charge is 2.19. The SMILES string of the molecule is CC(=O)CC(=O)OC(=O)c1cnc(-c2ccccc2)nc1Cl. The molecule has 7 heteroatoms. The second-order valence-electron chi connectivity index (χ2n) is 4.40. The summed E-state index contributed by atoms with van der Waals surface area (Å²) in [5.41, 5.74) is 0.593. The lowest BCUT2D eigenvalue weighted by atomic mass is 10.2. The molecule has 0 bridgehead atoms. The van der Waals surface area contributed by atoms with Gasteiger partial charge in [0, 0.05) is 11.8 Å². The number of ketones is 1. The first-order valence-corrected chi connectivity index (χ1v) is 6.67. The molecule has 0 saturated heterocycles. The molecule has 2 aromatic rings. The summed E-state index contributed by atoms with van der Waals surface area (Å²) in [6.07, 6.45) is 0.702. The standard InChI is InChI=1S/C15H11ClN2O4/c1-9(19)7-12(20)22-15(21)11-8-17-14(18-13(11)16)10-5-3-2-4-6-10/h2-6,8H,7H2,1H3. The van der Waals surface area contributed by atoms with E-state index in [1.165, 1.54) is 13.1 Å². The van der Waals surface area contributed by atoms with E-state index in [9.17, 15) is 14.4 Å². The van der Waals surface area contributed by atoms with E-state index in [1.54, 1.807) is 12.1 Å². The van der Waals surface area contributed by atoms with Gasteiger partial charge in [0.15, 0.2) is 5.82 Å². The van der Waals surface area contributed by atoms with Crippen LogP contribution in [0.25, 0.3) is 11.4 Å². The van der Waals surface area contributed by atoms with Crippen molar-refractivity contribution in [2.45, 2.75) is 13.3 Å². The lowest BCUT2D eigenvalue weighted by Crippen LogP contribution is -2.16. The highest BCUT2D eigenvalue weighted by atomic mass is 35.5. The van der Waals surface area contributed by atoms with Crippen LogP contribution in [0.4, 0.5) is 0 Å². The number of halogens is 1. The normalized spacial score (nSPS) is 10.1. The van der Waals surface area contributed by atoms with E-state index >= 15 is 0 Å². The number of benzene rings is 1. The number of Topliss-reactive ketones (excluding diaryl/α,β-unsaturated/α-hetero) is 1. The van der Waals surface area contributed by atoms with E-state index < -0.39 is 24.1 Å². The third-order valence-electron chi connectivity index (χ3n) is 2.59. The molecule has 6 nitrogen and oxygen atoms in total. The van der Waals surface area contributed by atoms with Crippen LogP contribution in [0.1, 0.15) is 23.7 Å². The van der Waals surface area contributed by atoms with Crippen LogP contribution in [0, 0.1) is 0 Å². The summed E-state index contributed by atoms with van der Waals surface area (Å²) in [5, 5.41) is -0.130. The molecule has 0 amide bonds. The van der Waals surface area contributed by atoms with Gasteiger partial charge in [-0.2, -0.15) is 0 Å². The Bertz CT molecular complexity index is 732. The van der Waals surface area contributed by atoms with Crippen LogP contribution in [-0.4, -0.2) is 27.7 Å². The molecular weight excluding hydrogens is 308 g/mol. The van der Waals surface area contributed by atoms with Gasteiger partial charge in [-0.05, 0) is 6.92 Å². The summed E-state index contributed by atoms with van der Waals surface area (Å²) in [5.74, 6) is -1.99. The molecule has 0 spiro atoms. The molecule has 0 atom stereocenters. The zero-order chi connectivity index (χ0) is 16.1. The maximum atomic E-state index is 11.8. The summed E-state index contributed by atoms with van der Waals surface area (Å²) in [4.78, 5) is 41.9. The first-order valence-electron chi connectivity index (χ1n) is 6.30. The number of hydrogen-bond donors (Lipinski definition) is 0. The van der Waals surface area contributed by atoms with Gasteiger partial charge in [-0.1, -0.05) is 41.9 Å². The fourth-order valence-electron chi connectivity index (χ4n) is 1.62. The number of hydrogen-bond acceptors (Lipinski definition) is 6. The fourth-order valence-corrected chi connectivity index (χ4v) is 1.83. The van der Waals surface area contributed by atoms with Crippen molar-refractivity contribution in [1.29, 1.82) is 0 Å². The minimum Gasteiger partial charge on any atom is -0.389 e. The van der Waals surface area contributed by atoms with Crippen molar-refractivity contribution in [3.8, 4) is 11.4 Å². The molecule has 0 fully saturated rings. The van der Waals surface area contributed by atoms with Gasteiger partial charge >= 0.3 is 11.9 Å². The molecule has 0 aliphatic carbocycles. The quantitative estimate of drug-likeness (QED) is 0.489. The molecule has 2 rings (SSSR count). The Morgan fingerprint density at radius 3 is 2.45 bits per heavy atom. The van der Waals surface area contributed by atoms with Crippen LogP contribution in [0.5, 0.6) is 0 Å². The summed E-state index contributed by atoms with van der Waals surface area (Å²) in [6.45, 7) is 1.22. The van der Waals surface area contributed by atoms with Crippen LogP contribution in [0.3, 0.4) is 0 Å². The first-order chi connectivity index (χ1) is 10.5. The zero-order valence-electron chi connectivity index (χ0n) is 11.6. The first kappa shape index (κ1) is 15.8. The highest BCUT2D eigenvalue weighted by molar-refractivity contribution is 6.32. The second kappa shape index (κ2) is 6.91. The average Bonchev–Trinajstić information content (AvgIpc) is 2.46. The minimum absolute atomic E-state index is 0.130. The maximum Gasteiger partial charge on any atom is 0.350 e. The number of carbonyl (C=O) groups is 3. The van der Waals surface area contributed by atoms with Crippen molar-refractivity contribution in [3.63, 3.8) is 0 Å². The van der Waals surface area contributed by atoms with E-state index in [4.69, 9.17) is 11.6 Å². The van der Waals surface area contributed by atoms with E-state index in [1.807, 2.05) is 18.2 Å². The summed E-state index contributed by atoms with van der Waals surface area (Å²) in [7, 11) is 0. The van der Waals surface area contributed by atoms with Crippen molar-refractivity contribution < 1.29 is 19.1 Å². The Kier molecular flexibility index (Phi) is 4.95. The molecule has 0 aliphatic heterocycles. The third-order valence-corrected chi connectivity index (χ3v) is 2.88. The summed E-state index contributed by atoms with van der Waals surface area (Å²) < 4.78 is 4.51. The van der Waals surface area contributed by atoms with Gasteiger partial charge in [-0.25, -0.2) is 14.8 Å². The van der Waals surface area contributed by atoms with Crippen molar-refractivity contribution in [3.05, 3.63) is 47.2 Å². The molecule has 0 saturated carbocycles. The Balaban J connectivity index is 2.18. The molecule has 1 aromatic heterocycles. The van der Waals surface area contributed by atoms with E-state index in [0.29, 0.717) is 5.82 Å². The van der Waals surface area contributed by atoms with Gasteiger partial charge in [0.1, 0.15) is 22.9 Å². The lowest BCUT2D eigenvalue weighted by Gasteiger charge is -2.05. The highest BCUT2D eigenvalue weighted by Crippen LogP contribution is 2.19. The van der Waals surface area contributed by atoms with Crippen LogP contribution in [0.15, 0.2) is 36.5 Å². The number of ether oxygens (including phenoxy) is 1. The minimum atomic E-state index is -0.990. The zero-order valence-corrected chi connectivity index (χ0v) is 12.3. The molecule has 0 N–H and O–H groups in total. The summed E-state index contributed by atoms with van der Waals surface area (Å²) >= 11 is 5.93. The van der Waals surface area contributed by atoms with Crippen LogP contribution in [-0.2, 0) is 14.3 Å². The largest absolute Gasteiger partial charge is 0.389 e. The molecular formula is C15H11ClN2O4. The van der Waals surface area contributed by atoms with Crippen molar-refractivity contribution in [2.75, 3.05) is 0 Å². The van der Waals surface area contributed by atoms with Gasteiger partial charge in [-0.15, -0.1) is 0 Å². The second-order valence-corrected chi connectivity index (χ2v) is 4.76. The van der Waals surface area contributed by atoms with E-state index in [0.717, 1.165) is 5.56 Å². The van der Waals surface area contributed by atoms with Gasteiger partial charge in [0.25, 0.3) is 0 Å². The van der Waals surface area contributed by atoms with Crippen molar-refractivity contribution in [2.24, 2.45) is 0 Å². The lowest BCUT2D eigenvalue weighted by molar-refractivity contribution is -0.140. The van der Waals surface area contributed by atoms with E-state index in [-0.39, 0.29) is 10.7 Å². The van der Waals surface area contributed by atoms with E-state index in [2.05, 4.69) is 14.7 Å². The predicted molar refractivity (Wildman–Crippen MR) is 78.2 cm³/mol. The average molecular weight is 319 g/mol. The Labute approximate surface area is 131 Å². The molecule has 22 heavy (non-hydrogen) atoms. The molecule has 0 radical (unpaired) electrons. The summed E-state index contributed by atoms with van der Waals surface area (Å²) in [6, 6.07) is 9.06. The fraction of sp³-hybridized carbons (Fsp3) is 0.133. The molecule has 0 unspecified atom stereocenters. The predicted octanol–water partition coefficient (Wildman–Crippen LogP) is 2.46. The molecule has 112 valence electrons. The van der Waals surface area contributed by atoms with Crippen molar-refractivity contribution >= 4 is 29.3 Å². The topological polar surface area (TPSA) is 86.2 Å². The number of carbonyl (C=O) groups excluding carboxylic acids is 3. The molecule has 1 aromatic carbocycles. The van der Waals surface area contributed by atoms with Gasteiger partial charge < -0.3 is 4.74 Å². The number of esters is 2. The Morgan fingerprint density at radius 1 is 1.18 bits per heavy atom. The van der Waals surface area contributed by atoms with Gasteiger partial charge in [0.05, 0.1) is 0 Å². The van der Waals surface area contributed by atoms with Crippen LogP contribution in [0.2, 0.25) is 5.15 Å².